The first-order chi connectivity index (χ1) is 17.1. The monoisotopic (exact) mass is 508 g/mol. The number of alkyl halides is 2. The summed E-state index contributed by atoms with van der Waals surface area (Å²) in [6.45, 7) is 7.17. The van der Waals surface area contributed by atoms with Crippen LogP contribution >= 0.6 is 0 Å². The van der Waals surface area contributed by atoms with Crippen LogP contribution in [0.2, 0.25) is 0 Å². The van der Waals surface area contributed by atoms with E-state index in [0.29, 0.717) is 18.1 Å². The lowest BCUT2D eigenvalue weighted by molar-refractivity contribution is -0.0680. The SMILES string of the molecule is C/C=C(F)\C=C(/C)N(CC(O)N(CCCC(F)(F)CC)Cc1ccccc1)C(O)Cn1ccnc1C. The maximum atomic E-state index is 14.1. The molecule has 0 radical (unpaired) electrons. The smallest absolute Gasteiger partial charge is 0.247 e. The third-order valence-electron chi connectivity index (χ3n) is 6.23. The summed E-state index contributed by atoms with van der Waals surface area (Å²) in [6, 6.07) is 9.44. The van der Waals surface area contributed by atoms with Crippen molar-refractivity contribution in [2.75, 3.05) is 13.1 Å². The summed E-state index contributed by atoms with van der Waals surface area (Å²) in [4.78, 5) is 7.39. The molecule has 36 heavy (non-hydrogen) atoms. The van der Waals surface area contributed by atoms with Crippen LogP contribution in [0, 0.1) is 6.92 Å². The molecule has 2 unspecified atom stereocenters. The fourth-order valence-electron chi connectivity index (χ4n) is 3.90. The van der Waals surface area contributed by atoms with Crippen LogP contribution in [0.1, 0.15) is 51.4 Å². The molecular weight excluding hydrogens is 469 g/mol. The zero-order valence-corrected chi connectivity index (χ0v) is 21.6. The summed E-state index contributed by atoms with van der Waals surface area (Å²) in [5.41, 5.74) is 1.35. The van der Waals surface area contributed by atoms with Gasteiger partial charge in [0.25, 0.3) is 0 Å². The van der Waals surface area contributed by atoms with Gasteiger partial charge in [0.2, 0.25) is 5.92 Å². The molecule has 0 aliphatic rings. The standard InChI is InChI=1S/C27H39F3N4O2/c1-5-24(28)17-21(3)34(26(36)19-32-16-14-31-22(32)4)20-25(35)33(15-10-13-27(29,30)6-2)18-23-11-8-7-9-12-23/h5,7-9,11-12,14,16-17,25-26,35-36H,6,10,13,15,18-20H2,1-4H3/b21-17+,24-5+. The number of aliphatic hydroxyl groups excluding tert-OH is 2. The summed E-state index contributed by atoms with van der Waals surface area (Å²) >= 11 is 0. The number of rotatable bonds is 15. The summed E-state index contributed by atoms with van der Waals surface area (Å²) < 4.78 is 43.5. The normalized spacial score (nSPS) is 14.8. The van der Waals surface area contributed by atoms with Gasteiger partial charge in [0.1, 0.15) is 24.1 Å². The number of aliphatic hydroxyl groups is 2. The van der Waals surface area contributed by atoms with Crippen molar-refractivity contribution < 1.29 is 23.4 Å². The molecule has 0 aliphatic heterocycles. The predicted molar refractivity (Wildman–Crippen MR) is 136 cm³/mol. The van der Waals surface area contributed by atoms with Crippen LogP contribution in [0.15, 0.2) is 66.4 Å². The van der Waals surface area contributed by atoms with Gasteiger partial charge < -0.3 is 19.7 Å². The van der Waals surface area contributed by atoms with Crippen LogP contribution in [-0.2, 0) is 13.1 Å². The lowest BCUT2D eigenvalue weighted by atomic mass is 10.1. The number of nitrogens with zero attached hydrogens (tertiary/aromatic N) is 4. The Balaban J connectivity index is 2.25. The summed E-state index contributed by atoms with van der Waals surface area (Å²) in [7, 11) is 0. The van der Waals surface area contributed by atoms with Crippen molar-refractivity contribution >= 4 is 0 Å². The molecule has 0 saturated carbocycles. The molecule has 0 fully saturated rings. The van der Waals surface area contributed by atoms with Crippen LogP contribution in [0.3, 0.4) is 0 Å². The van der Waals surface area contributed by atoms with Gasteiger partial charge in [-0.05, 0) is 38.8 Å². The molecular formula is C27H39F3N4O2. The van der Waals surface area contributed by atoms with Crippen LogP contribution < -0.4 is 0 Å². The van der Waals surface area contributed by atoms with E-state index in [0.717, 1.165) is 5.56 Å². The number of aryl methyl sites for hydroxylation is 1. The summed E-state index contributed by atoms with van der Waals surface area (Å²) in [6.07, 6.45) is 3.45. The van der Waals surface area contributed by atoms with Gasteiger partial charge >= 0.3 is 0 Å². The largest absolute Gasteiger partial charge is 0.376 e. The molecule has 0 amide bonds. The highest BCUT2D eigenvalue weighted by molar-refractivity contribution is 5.16. The molecule has 9 heteroatoms. The van der Waals surface area contributed by atoms with E-state index in [9.17, 15) is 23.4 Å². The number of aromatic nitrogens is 2. The third kappa shape index (κ3) is 9.44. The first kappa shape index (κ1) is 29.6. The lowest BCUT2D eigenvalue weighted by Gasteiger charge is -2.37. The lowest BCUT2D eigenvalue weighted by Crippen LogP contribution is -2.48. The zero-order valence-electron chi connectivity index (χ0n) is 21.6. The topological polar surface area (TPSA) is 64.8 Å². The second kappa shape index (κ2) is 14.2. The van der Waals surface area contributed by atoms with Crippen molar-refractivity contribution in [2.24, 2.45) is 0 Å². The fraction of sp³-hybridized carbons (Fsp3) is 0.519. The molecule has 0 aliphatic carbocycles. The minimum atomic E-state index is -2.75. The molecule has 1 aromatic carbocycles. The van der Waals surface area contributed by atoms with Gasteiger partial charge in [0.05, 0.1) is 13.1 Å². The van der Waals surface area contributed by atoms with E-state index < -0.39 is 24.2 Å². The maximum Gasteiger partial charge on any atom is 0.247 e. The Labute approximate surface area is 212 Å². The molecule has 2 N–H and O–H groups in total. The Morgan fingerprint density at radius 3 is 2.47 bits per heavy atom. The van der Waals surface area contributed by atoms with E-state index in [1.54, 1.807) is 35.7 Å². The number of imidazole rings is 1. The van der Waals surface area contributed by atoms with Crippen molar-refractivity contribution in [3.05, 3.63) is 77.8 Å². The van der Waals surface area contributed by atoms with E-state index >= 15 is 0 Å². The van der Waals surface area contributed by atoms with Gasteiger partial charge in [-0.25, -0.2) is 18.2 Å². The Hall–Kier alpha value is -2.62. The van der Waals surface area contributed by atoms with Gasteiger partial charge in [0.15, 0.2) is 0 Å². The molecule has 200 valence electrons. The fourth-order valence-corrected chi connectivity index (χ4v) is 3.90. The Morgan fingerprint density at radius 2 is 1.89 bits per heavy atom. The van der Waals surface area contributed by atoms with Crippen molar-refractivity contribution in [3.63, 3.8) is 0 Å². The molecule has 1 heterocycles. The van der Waals surface area contributed by atoms with E-state index in [2.05, 4.69) is 4.98 Å². The maximum absolute atomic E-state index is 14.1. The highest BCUT2D eigenvalue weighted by atomic mass is 19.3. The second-order valence-corrected chi connectivity index (χ2v) is 8.97. The molecule has 0 bridgehead atoms. The number of hydrogen-bond acceptors (Lipinski definition) is 5. The van der Waals surface area contributed by atoms with E-state index in [-0.39, 0.29) is 38.9 Å². The third-order valence-corrected chi connectivity index (χ3v) is 6.23. The van der Waals surface area contributed by atoms with Crippen molar-refractivity contribution in [1.29, 1.82) is 0 Å². The Kier molecular flexibility index (Phi) is 11.7. The van der Waals surface area contributed by atoms with E-state index in [4.69, 9.17) is 0 Å². The predicted octanol–water partition coefficient (Wildman–Crippen LogP) is 5.24. The molecule has 2 atom stereocenters. The van der Waals surface area contributed by atoms with Gasteiger partial charge in [-0.3, -0.25) is 4.90 Å². The van der Waals surface area contributed by atoms with Crippen LogP contribution in [-0.4, -0.2) is 61.0 Å². The average Bonchev–Trinajstić information content (AvgIpc) is 3.25. The first-order valence-electron chi connectivity index (χ1n) is 12.3. The molecule has 6 nitrogen and oxygen atoms in total. The number of hydrogen-bond donors (Lipinski definition) is 2. The minimum absolute atomic E-state index is 0.0504. The van der Waals surface area contributed by atoms with E-state index in [1.807, 2.05) is 37.3 Å². The number of halogens is 3. The Bertz CT molecular complexity index is 978. The first-order valence-corrected chi connectivity index (χ1v) is 12.3. The van der Waals surface area contributed by atoms with E-state index in [1.165, 1.54) is 24.0 Å². The van der Waals surface area contributed by atoms with Crippen molar-refractivity contribution in [3.8, 4) is 0 Å². The van der Waals surface area contributed by atoms with Crippen molar-refractivity contribution in [2.45, 2.75) is 78.4 Å². The molecule has 1 aromatic heterocycles. The summed E-state index contributed by atoms with van der Waals surface area (Å²) in [5, 5.41) is 22.3. The average molecular weight is 509 g/mol. The molecule has 0 spiro atoms. The van der Waals surface area contributed by atoms with Gasteiger partial charge in [0, 0.05) is 44.0 Å². The highest BCUT2D eigenvalue weighted by Gasteiger charge is 2.28. The molecule has 2 rings (SSSR count). The van der Waals surface area contributed by atoms with Crippen LogP contribution in [0.5, 0.6) is 0 Å². The van der Waals surface area contributed by atoms with Gasteiger partial charge in [-0.2, -0.15) is 0 Å². The van der Waals surface area contributed by atoms with Crippen molar-refractivity contribution in [1.82, 2.24) is 19.4 Å². The minimum Gasteiger partial charge on any atom is -0.376 e. The molecule has 2 aromatic rings. The van der Waals surface area contributed by atoms with Crippen LogP contribution in [0.4, 0.5) is 13.2 Å². The van der Waals surface area contributed by atoms with Gasteiger partial charge in [-0.15, -0.1) is 0 Å². The van der Waals surface area contributed by atoms with Crippen LogP contribution in [0.25, 0.3) is 0 Å². The highest BCUT2D eigenvalue weighted by Crippen LogP contribution is 2.25. The van der Waals surface area contributed by atoms with Gasteiger partial charge in [-0.1, -0.05) is 43.3 Å². The quantitative estimate of drug-likeness (QED) is 0.255. The summed E-state index contributed by atoms with van der Waals surface area (Å²) in [5.74, 6) is -2.52. The number of allylic oxidation sites excluding steroid dienone is 4. The second-order valence-electron chi connectivity index (χ2n) is 8.97. The zero-order chi connectivity index (χ0) is 26.7. The number of benzene rings is 1. The molecule has 0 saturated heterocycles. The Morgan fingerprint density at radius 1 is 1.19 bits per heavy atom.